The molecule has 1 saturated heterocycles. The van der Waals surface area contributed by atoms with Gasteiger partial charge in [-0.05, 0) is 12.0 Å². The summed E-state index contributed by atoms with van der Waals surface area (Å²) in [6, 6.07) is 7.34. The molecule has 0 unspecified atom stereocenters. The first kappa shape index (κ1) is 13.5. The lowest BCUT2D eigenvalue weighted by Gasteiger charge is -2.20. The number of hydrogen-bond donors (Lipinski definition) is 2. The molecule has 102 valence electrons. The van der Waals surface area contributed by atoms with Gasteiger partial charge in [-0.2, -0.15) is 12.7 Å². The third kappa shape index (κ3) is 2.91. The number of carbonyl (C=O) groups is 2. The average molecular weight is 284 g/mol. The summed E-state index contributed by atoms with van der Waals surface area (Å²) in [6.45, 7) is -0.466. The van der Waals surface area contributed by atoms with Crippen LogP contribution in [0.2, 0.25) is 0 Å². The van der Waals surface area contributed by atoms with Gasteiger partial charge >= 0.3 is 16.2 Å². The Hall–Kier alpha value is -1.93. The van der Waals surface area contributed by atoms with Crippen molar-refractivity contribution in [2.45, 2.75) is 12.5 Å². The van der Waals surface area contributed by atoms with E-state index >= 15 is 0 Å². The van der Waals surface area contributed by atoms with Crippen LogP contribution in [-0.4, -0.2) is 42.3 Å². The molecule has 0 radical (unpaired) electrons. The SMILES string of the molecule is O=C1CN([C@@H](Cc2ccccc2)C(=O)O)S(=O)(=O)N1. The number of hydrogen-bond acceptors (Lipinski definition) is 4. The molecule has 7 nitrogen and oxygen atoms in total. The van der Waals surface area contributed by atoms with Crippen molar-refractivity contribution in [3.8, 4) is 0 Å². The summed E-state index contributed by atoms with van der Waals surface area (Å²) in [4.78, 5) is 22.4. The summed E-state index contributed by atoms with van der Waals surface area (Å²) in [5, 5.41) is 9.17. The van der Waals surface area contributed by atoms with Gasteiger partial charge in [-0.15, -0.1) is 0 Å². The Kier molecular flexibility index (Phi) is 3.54. The summed E-state index contributed by atoms with van der Waals surface area (Å²) in [7, 11) is -4.05. The van der Waals surface area contributed by atoms with Crippen LogP contribution in [0, 0.1) is 0 Å². The average Bonchev–Trinajstić information content (AvgIpc) is 2.60. The quantitative estimate of drug-likeness (QED) is 0.765. The molecule has 1 aliphatic rings. The first-order chi connectivity index (χ1) is 8.90. The minimum Gasteiger partial charge on any atom is -0.480 e. The van der Waals surface area contributed by atoms with E-state index in [0.717, 1.165) is 0 Å². The van der Waals surface area contributed by atoms with E-state index in [1.807, 2.05) is 0 Å². The van der Waals surface area contributed by atoms with Crippen molar-refractivity contribution in [1.82, 2.24) is 9.03 Å². The van der Waals surface area contributed by atoms with Crippen molar-refractivity contribution >= 4 is 22.1 Å². The number of rotatable bonds is 4. The van der Waals surface area contributed by atoms with Crippen molar-refractivity contribution in [1.29, 1.82) is 0 Å². The number of nitrogens with one attached hydrogen (secondary N) is 1. The van der Waals surface area contributed by atoms with Crippen LogP contribution >= 0.6 is 0 Å². The highest BCUT2D eigenvalue weighted by Crippen LogP contribution is 2.16. The van der Waals surface area contributed by atoms with E-state index in [2.05, 4.69) is 0 Å². The van der Waals surface area contributed by atoms with Gasteiger partial charge in [0.1, 0.15) is 6.04 Å². The lowest BCUT2D eigenvalue weighted by molar-refractivity contribution is -0.141. The number of carboxylic acid groups (broad SMARTS) is 1. The number of aliphatic carboxylic acids is 1. The zero-order chi connectivity index (χ0) is 14.0. The van der Waals surface area contributed by atoms with Gasteiger partial charge in [-0.25, -0.2) is 4.72 Å². The Labute approximate surface area is 110 Å². The van der Waals surface area contributed by atoms with Crippen molar-refractivity contribution in [2.75, 3.05) is 6.54 Å². The highest BCUT2D eigenvalue weighted by molar-refractivity contribution is 7.88. The van der Waals surface area contributed by atoms with Gasteiger partial charge in [0.15, 0.2) is 0 Å². The highest BCUT2D eigenvalue weighted by Gasteiger charge is 2.42. The molecule has 1 aliphatic heterocycles. The first-order valence-corrected chi connectivity index (χ1v) is 6.93. The second-order valence-electron chi connectivity index (χ2n) is 4.12. The largest absolute Gasteiger partial charge is 0.480 e. The molecular formula is C11H12N2O5S. The Bertz CT molecular complexity index is 599. The molecule has 0 aliphatic carbocycles. The minimum atomic E-state index is -4.05. The summed E-state index contributed by atoms with van der Waals surface area (Å²) in [5.41, 5.74) is 0.685. The maximum atomic E-state index is 11.6. The van der Waals surface area contributed by atoms with Gasteiger partial charge in [0, 0.05) is 0 Å². The van der Waals surface area contributed by atoms with Crippen LogP contribution in [0.1, 0.15) is 5.56 Å². The molecule has 19 heavy (non-hydrogen) atoms. The number of carbonyl (C=O) groups excluding carboxylic acids is 1. The van der Waals surface area contributed by atoms with Gasteiger partial charge in [0.25, 0.3) is 0 Å². The molecule has 0 bridgehead atoms. The van der Waals surface area contributed by atoms with Crippen molar-refractivity contribution < 1.29 is 23.1 Å². The Morgan fingerprint density at radius 3 is 2.47 bits per heavy atom. The van der Waals surface area contributed by atoms with Crippen LogP contribution in [0.4, 0.5) is 0 Å². The Balaban J connectivity index is 2.27. The minimum absolute atomic E-state index is 0.00433. The molecule has 8 heteroatoms. The van der Waals surface area contributed by atoms with Crippen molar-refractivity contribution in [3.05, 3.63) is 35.9 Å². The number of carboxylic acids is 1. The predicted molar refractivity (Wildman–Crippen MR) is 65.3 cm³/mol. The fourth-order valence-corrected chi connectivity index (χ4v) is 3.15. The molecular weight excluding hydrogens is 272 g/mol. The van der Waals surface area contributed by atoms with E-state index in [1.54, 1.807) is 35.1 Å². The number of benzene rings is 1. The third-order valence-corrected chi connectivity index (χ3v) is 4.24. The topological polar surface area (TPSA) is 104 Å². The zero-order valence-corrected chi connectivity index (χ0v) is 10.6. The fourth-order valence-electron chi connectivity index (χ4n) is 1.89. The normalized spacial score (nSPS) is 19.9. The van der Waals surface area contributed by atoms with Gasteiger partial charge in [-0.1, -0.05) is 30.3 Å². The van der Waals surface area contributed by atoms with Gasteiger partial charge in [0.2, 0.25) is 5.91 Å². The van der Waals surface area contributed by atoms with E-state index in [-0.39, 0.29) is 6.42 Å². The highest BCUT2D eigenvalue weighted by atomic mass is 32.2. The fraction of sp³-hybridized carbons (Fsp3) is 0.273. The maximum Gasteiger partial charge on any atom is 0.322 e. The molecule has 1 heterocycles. The predicted octanol–water partition coefficient (Wildman–Crippen LogP) is -0.641. The molecule has 1 atom stereocenters. The van der Waals surface area contributed by atoms with Crippen LogP contribution in [0.3, 0.4) is 0 Å². The summed E-state index contributed by atoms with van der Waals surface area (Å²) in [6.07, 6.45) is 0.00433. The smallest absolute Gasteiger partial charge is 0.322 e. The van der Waals surface area contributed by atoms with Crippen LogP contribution < -0.4 is 4.72 Å². The van der Waals surface area contributed by atoms with Gasteiger partial charge in [0.05, 0.1) is 6.54 Å². The molecule has 1 amide bonds. The van der Waals surface area contributed by atoms with Gasteiger partial charge in [-0.3, -0.25) is 9.59 Å². The monoisotopic (exact) mass is 284 g/mol. The second-order valence-corrected chi connectivity index (χ2v) is 5.74. The van der Waals surface area contributed by atoms with E-state index < -0.39 is 34.7 Å². The summed E-state index contributed by atoms with van der Waals surface area (Å²) < 4.78 is 25.7. The van der Waals surface area contributed by atoms with Crippen molar-refractivity contribution in [3.63, 3.8) is 0 Å². The second kappa shape index (κ2) is 4.98. The molecule has 1 aromatic rings. The first-order valence-electron chi connectivity index (χ1n) is 5.49. The summed E-state index contributed by atoms with van der Waals surface area (Å²) in [5.74, 6) is -2.01. The third-order valence-electron chi connectivity index (χ3n) is 2.76. The van der Waals surface area contributed by atoms with Crippen molar-refractivity contribution in [2.24, 2.45) is 0 Å². The van der Waals surface area contributed by atoms with Crippen LogP contribution in [0.15, 0.2) is 30.3 Å². The molecule has 0 aromatic heterocycles. The Morgan fingerprint density at radius 2 is 2.00 bits per heavy atom. The molecule has 1 aromatic carbocycles. The van der Waals surface area contributed by atoms with E-state index in [4.69, 9.17) is 5.11 Å². The van der Waals surface area contributed by atoms with E-state index in [9.17, 15) is 18.0 Å². The number of nitrogens with zero attached hydrogens (tertiary/aromatic N) is 1. The van der Waals surface area contributed by atoms with Gasteiger partial charge < -0.3 is 5.11 Å². The molecule has 2 rings (SSSR count). The summed E-state index contributed by atoms with van der Waals surface area (Å²) >= 11 is 0. The Morgan fingerprint density at radius 1 is 1.37 bits per heavy atom. The number of amides is 1. The van der Waals surface area contributed by atoms with Crippen LogP contribution in [0.25, 0.3) is 0 Å². The molecule has 2 N–H and O–H groups in total. The molecule has 1 fully saturated rings. The van der Waals surface area contributed by atoms with E-state index in [0.29, 0.717) is 9.87 Å². The molecule has 0 saturated carbocycles. The lowest BCUT2D eigenvalue weighted by Crippen LogP contribution is -2.44. The lowest BCUT2D eigenvalue weighted by atomic mass is 10.1. The standard InChI is InChI=1S/C11H12N2O5S/c14-10-7-13(19(17,18)12-10)9(11(15)16)6-8-4-2-1-3-5-8/h1-5,9H,6-7H2,(H,12,14)(H,15,16)/t9-/m0/s1. The van der Waals surface area contributed by atoms with Crippen LogP contribution in [0.5, 0.6) is 0 Å². The van der Waals surface area contributed by atoms with Crippen LogP contribution in [-0.2, 0) is 26.2 Å². The maximum absolute atomic E-state index is 11.6. The molecule has 0 spiro atoms. The van der Waals surface area contributed by atoms with E-state index in [1.165, 1.54) is 0 Å². The zero-order valence-electron chi connectivity index (χ0n) is 9.81.